The predicted octanol–water partition coefficient (Wildman–Crippen LogP) is 2.95. The molecule has 2 heterocycles. The van der Waals surface area contributed by atoms with Crippen LogP contribution in [-0.2, 0) is 24.8 Å². The van der Waals surface area contributed by atoms with E-state index in [-0.39, 0.29) is 0 Å². The summed E-state index contributed by atoms with van der Waals surface area (Å²) in [5.74, 6) is 3.52. The lowest BCUT2D eigenvalue weighted by molar-refractivity contribution is 0.145. The molecule has 1 aliphatic heterocycles. The average molecular weight is 413 g/mol. The molecule has 1 fully saturated rings. The van der Waals surface area contributed by atoms with Crippen LogP contribution in [0.25, 0.3) is 0 Å². The molecule has 0 bridgehead atoms. The molecule has 1 aromatic carbocycles. The highest BCUT2D eigenvalue weighted by Gasteiger charge is 2.22. The van der Waals surface area contributed by atoms with Crippen LogP contribution >= 0.6 is 0 Å². The third kappa shape index (κ3) is 6.55. The van der Waals surface area contributed by atoms with E-state index in [2.05, 4.69) is 50.7 Å². The van der Waals surface area contributed by atoms with Crippen LogP contribution in [0.15, 0.2) is 35.3 Å². The number of likely N-dealkylation sites (tertiary alicyclic amines) is 1. The van der Waals surface area contributed by atoms with E-state index in [0.717, 1.165) is 62.8 Å². The molecule has 1 N–H and O–H groups in total. The highest BCUT2D eigenvalue weighted by Crippen LogP contribution is 2.21. The number of guanidine groups is 1. The third-order valence-electron chi connectivity index (χ3n) is 5.79. The van der Waals surface area contributed by atoms with Gasteiger partial charge in [0.25, 0.3) is 0 Å². The Labute approximate surface area is 180 Å². The Balaban J connectivity index is 1.57. The van der Waals surface area contributed by atoms with Crippen molar-refractivity contribution in [3.05, 3.63) is 47.5 Å². The Bertz CT molecular complexity index is 780. The fraction of sp³-hybridized carbons (Fsp3) is 0.609. The summed E-state index contributed by atoms with van der Waals surface area (Å²) in [4.78, 5) is 7.28. The zero-order valence-electron chi connectivity index (χ0n) is 18.7. The monoisotopic (exact) mass is 412 g/mol. The SMILES string of the molecule is CCOCCCNC(=NCc1nnc(C)n1C)N1CCC(Cc2ccccc2)CC1. The quantitative estimate of drug-likeness (QED) is 0.390. The van der Waals surface area contributed by atoms with E-state index in [9.17, 15) is 0 Å². The Kier molecular flexibility index (Phi) is 8.68. The van der Waals surface area contributed by atoms with Gasteiger partial charge in [0.2, 0.25) is 0 Å². The van der Waals surface area contributed by atoms with Gasteiger partial charge in [0.15, 0.2) is 11.8 Å². The molecule has 164 valence electrons. The van der Waals surface area contributed by atoms with Gasteiger partial charge in [-0.25, -0.2) is 4.99 Å². The molecule has 3 rings (SSSR count). The van der Waals surface area contributed by atoms with E-state index in [1.807, 2.05) is 25.5 Å². The number of aryl methyl sites for hydroxylation is 1. The summed E-state index contributed by atoms with van der Waals surface area (Å²) in [6.07, 6.45) is 4.52. The van der Waals surface area contributed by atoms with Crippen molar-refractivity contribution in [3.8, 4) is 0 Å². The van der Waals surface area contributed by atoms with Crippen molar-refractivity contribution in [3.63, 3.8) is 0 Å². The van der Waals surface area contributed by atoms with Crippen LogP contribution in [0.2, 0.25) is 0 Å². The summed E-state index contributed by atoms with van der Waals surface area (Å²) in [7, 11) is 1.99. The molecule has 7 heteroatoms. The summed E-state index contributed by atoms with van der Waals surface area (Å²) in [6, 6.07) is 10.8. The molecule has 0 spiro atoms. The van der Waals surface area contributed by atoms with Crippen molar-refractivity contribution in [1.82, 2.24) is 25.0 Å². The topological polar surface area (TPSA) is 67.6 Å². The maximum absolute atomic E-state index is 5.46. The van der Waals surface area contributed by atoms with Crippen LogP contribution in [0.1, 0.15) is 43.4 Å². The highest BCUT2D eigenvalue weighted by atomic mass is 16.5. The van der Waals surface area contributed by atoms with Crippen LogP contribution in [-0.4, -0.2) is 58.5 Å². The zero-order chi connectivity index (χ0) is 21.2. The molecule has 1 aliphatic rings. The highest BCUT2D eigenvalue weighted by molar-refractivity contribution is 5.80. The molecule has 1 saturated heterocycles. The van der Waals surface area contributed by atoms with Gasteiger partial charge < -0.3 is 19.5 Å². The molecule has 1 aromatic heterocycles. The lowest BCUT2D eigenvalue weighted by Crippen LogP contribution is -2.46. The molecule has 0 radical (unpaired) electrons. The summed E-state index contributed by atoms with van der Waals surface area (Å²) in [5, 5.41) is 11.9. The lowest BCUT2D eigenvalue weighted by Gasteiger charge is -2.34. The van der Waals surface area contributed by atoms with E-state index in [0.29, 0.717) is 6.54 Å². The molecule has 0 atom stereocenters. The fourth-order valence-electron chi connectivity index (χ4n) is 3.82. The van der Waals surface area contributed by atoms with Crippen molar-refractivity contribution in [2.75, 3.05) is 32.8 Å². The maximum atomic E-state index is 5.46. The standard InChI is InChI=1S/C23H36N6O/c1-4-30-16-8-13-24-23(25-18-22-27-26-19(2)28(22)3)29-14-11-21(12-15-29)17-20-9-6-5-7-10-20/h5-7,9-10,21H,4,8,11-18H2,1-3H3,(H,24,25). The largest absolute Gasteiger partial charge is 0.382 e. The summed E-state index contributed by atoms with van der Waals surface area (Å²) < 4.78 is 7.47. The van der Waals surface area contributed by atoms with Crippen molar-refractivity contribution in [1.29, 1.82) is 0 Å². The minimum absolute atomic E-state index is 0.537. The van der Waals surface area contributed by atoms with Crippen LogP contribution in [0.3, 0.4) is 0 Å². The van der Waals surface area contributed by atoms with Gasteiger partial charge in [-0.1, -0.05) is 30.3 Å². The second-order valence-electron chi connectivity index (χ2n) is 7.96. The summed E-state index contributed by atoms with van der Waals surface area (Å²) in [5.41, 5.74) is 1.44. The van der Waals surface area contributed by atoms with Crippen molar-refractivity contribution in [2.45, 2.75) is 46.1 Å². The molecule has 0 aliphatic carbocycles. The van der Waals surface area contributed by atoms with Gasteiger partial charge in [0.05, 0.1) is 0 Å². The smallest absolute Gasteiger partial charge is 0.194 e. The Hall–Kier alpha value is -2.41. The van der Waals surface area contributed by atoms with Crippen molar-refractivity contribution >= 4 is 5.96 Å². The Morgan fingerprint density at radius 1 is 1.20 bits per heavy atom. The molecule has 30 heavy (non-hydrogen) atoms. The van der Waals surface area contributed by atoms with Gasteiger partial charge in [-0.05, 0) is 51.0 Å². The van der Waals surface area contributed by atoms with Gasteiger partial charge >= 0.3 is 0 Å². The predicted molar refractivity (Wildman–Crippen MR) is 120 cm³/mol. The second kappa shape index (κ2) is 11.7. The Morgan fingerprint density at radius 2 is 1.97 bits per heavy atom. The fourth-order valence-corrected chi connectivity index (χ4v) is 3.82. The first kappa shape index (κ1) is 22.3. The van der Waals surface area contributed by atoms with E-state index in [1.165, 1.54) is 24.8 Å². The van der Waals surface area contributed by atoms with Crippen LogP contribution < -0.4 is 5.32 Å². The molecule has 0 unspecified atom stereocenters. The number of ether oxygens (including phenoxy) is 1. The lowest BCUT2D eigenvalue weighted by atomic mass is 9.90. The van der Waals surface area contributed by atoms with E-state index in [1.54, 1.807) is 0 Å². The van der Waals surface area contributed by atoms with Gasteiger partial charge in [0, 0.05) is 39.9 Å². The number of benzene rings is 1. The molecule has 0 amide bonds. The maximum Gasteiger partial charge on any atom is 0.194 e. The number of nitrogens with zero attached hydrogens (tertiary/aromatic N) is 5. The normalized spacial score (nSPS) is 15.6. The first-order valence-electron chi connectivity index (χ1n) is 11.2. The molecule has 0 saturated carbocycles. The second-order valence-corrected chi connectivity index (χ2v) is 7.96. The minimum Gasteiger partial charge on any atom is -0.382 e. The number of aliphatic imine (C=N–C) groups is 1. The van der Waals surface area contributed by atoms with E-state index >= 15 is 0 Å². The average Bonchev–Trinajstić information content (AvgIpc) is 3.09. The minimum atomic E-state index is 0.537. The van der Waals surface area contributed by atoms with Gasteiger partial charge in [-0.2, -0.15) is 0 Å². The number of rotatable bonds is 9. The first-order valence-corrected chi connectivity index (χ1v) is 11.2. The van der Waals surface area contributed by atoms with Gasteiger partial charge in [-0.3, -0.25) is 0 Å². The zero-order valence-corrected chi connectivity index (χ0v) is 18.7. The number of aromatic nitrogens is 3. The van der Waals surface area contributed by atoms with Gasteiger partial charge in [-0.15, -0.1) is 10.2 Å². The third-order valence-corrected chi connectivity index (χ3v) is 5.79. The first-order chi connectivity index (χ1) is 14.7. The number of hydrogen-bond acceptors (Lipinski definition) is 4. The van der Waals surface area contributed by atoms with Gasteiger partial charge in [0.1, 0.15) is 12.4 Å². The number of piperidine rings is 1. The van der Waals surface area contributed by atoms with Crippen LogP contribution in [0, 0.1) is 12.8 Å². The molecular formula is C23H36N6O. The summed E-state index contributed by atoms with van der Waals surface area (Å²) >= 11 is 0. The Morgan fingerprint density at radius 3 is 2.63 bits per heavy atom. The number of nitrogens with one attached hydrogen (secondary N) is 1. The van der Waals surface area contributed by atoms with Crippen LogP contribution in [0.4, 0.5) is 0 Å². The molecule has 2 aromatic rings. The van der Waals surface area contributed by atoms with Crippen molar-refractivity contribution < 1.29 is 4.74 Å². The van der Waals surface area contributed by atoms with Crippen molar-refractivity contribution in [2.24, 2.45) is 18.0 Å². The molecule has 7 nitrogen and oxygen atoms in total. The summed E-state index contributed by atoms with van der Waals surface area (Å²) in [6.45, 7) is 9.00. The van der Waals surface area contributed by atoms with E-state index < -0.39 is 0 Å². The molecular weight excluding hydrogens is 376 g/mol. The number of hydrogen-bond donors (Lipinski definition) is 1. The van der Waals surface area contributed by atoms with Crippen LogP contribution in [0.5, 0.6) is 0 Å². The van der Waals surface area contributed by atoms with E-state index in [4.69, 9.17) is 9.73 Å².